The Bertz CT molecular complexity index is 801. The van der Waals surface area contributed by atoms with E-state index in [9.17, 15) is 28.1 Å². The monoisotopic (exact) mass is 354 g/mol. The van der Waals surface area contributed by atoms with Gasteiger partial charge in [-0.3, -0.25) is 14.9 Å². The lowest BCUT2D eigenvalue weighted by Crippen LogP contribution is -2.65. The highest BCUT2D eigenvalue weighted by atomic mass is 32.2. The van der Waals surface area contributed by atoms with Crippen molar-refractivity contribution in [3.8, 4) is 0 Å². The number of benzene rings is 1. The molecular formula is C14H14N2O7S. The minimum Gasteiger partial charge on any atom is -0.464 e. The van der Waals surface area contributed by atoms with Gasteiger partial charge in [0, 0.05) is 12.1 Å². The number of nitrogens with zero attached hydrogens (tertiary/aromatic N) is 2. The maximum absolute atomic E-state index is 12.6. The number of rotatable bonds is 6. The molecular weight excluding hydrogens is 340 g/mol. The molecule has 0 saturated carbocycles. The molecule has 1 fully saturated rings. The molecule has 1 aliphatic rings. The molecule has 0 aromatic heterocycles. The SMILES string of the molecule is C=CC1C(=O)N(S(=O)(=O)c2ccc([N+](=O)[O-])cc2)C1C(=O)OCC. The van der Waals surface area contributed by atoms with E-state index in [2.05, 4.69) is 6.58 Å². The van der Waals surface area contributed by atoms with Crippen LogP contribution in [-0.2, 0) is 24.3 Å². The summed E-state index contributed by atoms with van der Waals surface area (Å²) in [6.07, 6.45) is 1.19. The molecule has 24 heavy (non-hydrogen) atoms. The van der Waals surface area contributed by atoms with Crippen LogP contribution in [0.5, 0.6) is 0 Å². The van der Waals surface area contributed by atoms with E-state index in [1.807, 2.05) is 0 Å². The first kappa shape index (κ1) is 17.6. The summed E-state index contributed by atoms with van der Waals surface area (Å²) in [7, 11) is -4.34. The molecule has 1 aliphatic heterocycles. The number of carbonyl (C=O) groups is 2. The van der Waals surface area contributed by atoms with Gasteiger partial charge in [0.1, 0.15) is 0 Å². The molecule has 0 spiro atoms. The van der Waals surface area contributed by atoms with Gasteiger partial charge in [0.25, 0.3) is 15.7 Å². The molecule has 2 unspecified atom stereocenters. The number of β-lactam (4-membered cyclic amide) rings is 1. The van der Waals surface area contributed by atoms with Crippen LogP contribution in [0.3, 0.4) is 0 Å². The van der Waals surface area contributed by atoms with E-state index in [1.54, 1.807) is 6.92 Å². The Labute approximate surface area is 137 Å². The molecule has 2 atom stereocenters. The van der Waals surface area contributed by atoms with Crippen LogP contribution in [0.25, 0.3) is 0 Å². The summed E-state index contributed by atoms with van der Waals surface area (Å²) in [5.41, 5.74) is -0.296. The van der Waals surface area contributed by atoms with Crippen molar-refractivity contribution in [2.75, 3.05) is 6.61 Å². The number of carbonyl (C=O) groups excluding carboxylic acids is 2. The van der Waals surface area contributed by atoms with Crippen molar-refractivity contribution >= 4 is 27.6 Å². The average molecular weight is 354 g/mol. The molecule has 1 aromatic carbocycles. The van der Waals surface area contributed by atoms with E-state index in [1.165, 1.54) is 6.08 Å². The van der Waals surface area contributed by atoms with E-state index in [0.717, 1.165) is 24.3 Å². The van der Waals surface area contributed by atoms with Crippen molar-refractivity contribution in [2.45, 2.75) is 17.9 Å². The van der Waals surface area contributed by atoms with Crippen molar-refractivity contribution in [1.82, 2.24) is 4.31 Å². The quantitative estimate of drug-likeness (QED) is 0.244. The van der Waals surface area contributed by atoms with E-state index in [0.29, 0.717) is 4.31 Å². The molecule has 10 heteroatoms. The summed E-state index contributed by atoms with van der Waals surface area (Å²) >= 11 is 0. The van der Waals surface area contributed by atoms with Crippen molar-refractivity contribution < 1.29 is 27.7 Å². The maximum Gasteiger partial charge on any atom is 0.331 e. The van der Waals surface area contributed by atoms with E-state index in [-0.39, 0.29) is 17.2 Å². The van der Waals surface area contributed by atoms with Crippen molar-refractivity contribution in [1.29, 1.82) is 0 Å². The lowest BCUT2D eigenvalue weighted by molar-refractivity contribution is -0.384. The maximum atomic E-state index is 12.6. The smallest absolute Gasteiger partial charge is 0.331 e. The molecule has 128 valence electrons. The Morgan fingerprint density at radius 1 is 1.42 bits per heavy atom. The van der Waals surface area contributed by atoms with E-state index in [4.69, 9.17) is 4.74 Å². The predicted octanol–water partition coefficient (Wildman–Crippen LogP) is 0.860. The Kier molecular flexibility index (Phi) is 4.69. The van der Waals surface area contributed by atoms with Crippen molar-refractivity contribution in [3.05, 3.63) is 47.0 Å². The number of hydrogen-bond acceptors (Lipinski definition) is 7. The molecule has 1 saturated heterocycles. The zero-order valence-corrected chi connectivity index (χ0v) is 13.4. The van der Waals surface area contributed by atoms with Crippen LogP contribution in [0.2, 0.25) is 0 Å². The fraction of sp³-hybridized carbons (Fsp3) is 0.286. The molecule has 0 bridgehead atoms. The zero-order chi connectivity index (χ0) is 18.1. The van der Waals surface area contributed by atoms with Crippen molar-refractivity contribution in [2.24, 2.45) is 5.92 Å². The third-order valence-electron chi connectivity index (χ3n) is 3.48. The molecule has 0 aliphatic carbocycles. The second kappa shape index (κ2) is 6.40. The standard InChI is InChI=1S/C14H14N2O7S/c1-3-11-12(14(18)23-4-2)15(13(11)17)24(21,22)10-7-5-9(6-8-10)16(19)20/h3,5-8,11-12H,1,4H2,2H3. The number of nitro groups is 1. The van der Waals surface area contributed by atoms with Gasteiger partial charge in [0.2, 0.25) is 5.91 Å². The van der Waals surface area contributed by atoms with E-state index >= 15 is 0 Å². The number of sulfonamides is 1. The minimum atomic E-state index is -4.34. The first-order valence-corrected chi connectivity index (χ1v) is 8.31. The van der Waals surface area contributed by atoms with Gasteiger partial charge in [-0.2, -0.15) is 0 Å². The normalized spacial score (nSPS) is 20.2. The third kappa shape index (κ3) is 2.75. The van der Waals surface area contributed by atoms with Crippen LogP contribution in [0.1, 0.15) is 6.92 Å². The Morgan fingerprint density at radius 2 is 2.00 bits per heavy atom. The number of esters is 1. The first-order chi connectivity index (χ1) is 11.3. The predicted molar refractivity (Wildman–Crippen MR) is 81.2 cm³/mol. The van der Waals surface area contributed by atoms with Gasteiger partial charge in [-0.25, -0.2) is 17.5 Å². The average Bonchev–Trinajstić information content (AvgIpc) is 2.52. The van der Waals surface area contributed by atoms with Crippen LogP contribution in [0.15, 0.2) is 41.8 Å². The fourth-order valence-electron chi connectivity index (χ4n) is 2.30. The summed E-state index contributed by atoms with van der Waals surface area (Å²) in [6.45, 7) is 5.00. The summed E-state index contributed by atoms with van der Waals surface area (Å²) in [5, 5.41) is 10.6. The summed E-state index contributed by atoms with van der Waals surface area (Å²) in [5.74, 6) is -2.65. The summed E-state index contributed by atoms with van der Waals surface area (Å²) < 4.78 is 30.4. The number of hydrogen-bond donors (Lipinski definition) is 0. The van der Waals surface area contributed by atoms with Crippen LogP contribution in [0.4, 0.5) is 5.69 Å². The molecule has 2 rings (SSSR count). The van der Waals surface area contributed by atoms with Crippen molar-refractivity contribution in [3.63, 3.8) is 0 Å². The van der Waals surface area contributed by atoms with Crippen LogP contribution in [0, 0.1) is 16.0 Å². The Balaban J connectivity index is 2.39. The van der Waals surface area contributed by atoms with E-state index < -0.39 is 38.8 Å². The van der Waals surface area contributed by atoms with Crippen LogP contribution >= 0.6 is 0 Å². The minimum absolute atomic E-state index is 0.0266. The second-order valence-corrected chi connectivity index (χ2v) is 6.66. The highest BCUT2D eigenvalue weighted by Gasteiger charge is 2.56. The number of nitro benzene ring substituents is 1. The molecule has 1 heterocycles. The van der Waals surface area contributed by atoms with Crippen LogP contribution in [-0.4, -0.2) is 42.2 Å². The third-order valence-corrected chi connectivity index (χ3v) is 5.27. The fourth-order valence-corrected chi connectivity index (χ4v) is 3.89. The zero-order valence-electron chi connectivity index (χ0n) is 12.6. The highest BCUT2D eigenvalue weighted by Crippen LogP contribution is 2.35. The van der Waals surface area contributed by atoms with Gasteiger partial charge < -0.3 is 4.74 Å². The van der Waals surface area contributed by atoms with Crippen LogP contribution < -0.4 is 0 Å². The van der Waals surface area contributed by atoms with Gasteiger partial charge in [-0.15, -0.1) is 6.58 Å². The van der Waals surface area contributed by atoms with Gasteiger partial charge in [-0.05, 0) is 19.1 Å². The van der Waals surface area contributed by atoms with Gasteiger partial charge in [0.15, 0.2) is 6.04 Å². The molecule has 9 nitrogen and oxygen atoms in total. The topological polar surface area (TPSA) is 124 Å². The molecule has 0 radical (unpaired) electrons. The van der Waals surface area contributed by atoms with Gasteiger partial charge in [-0.1, -0.05) is 6.08 Å². The largest absolute Gasteiger partial charge is 0.464 e. The number of ether oxygens (including phenoxy) is 1. The highest BCUT2D eigenvalue weighted by molar-refractivity contribution is 7.89. The Hall–Kier alpha value is -2.75. The lowest BCUT2D eigenvalue weighted by atomic mass is 9.91. The van der Waals surface area contributed by atoms with Gasteiger partial charge >= 0.3 is 5.97 Å². The first-order valence-electron chi connectivity index (χ1n) is 6.87. The summed E-state index contributed by atoms with van der Waals surface area (Å²) in [6, 6.07) is 2.69. The summed E-state index contributed by atoms with van der Waals surface area (Å²) in [4.78, 5) is 33.6. The lowest BCUT2D eigenvalue weighted by Gasteiger charge is -2.42. The number of non-ortho nitro benzene ring substituents is 1. The molecule has 1 aromatic rings. The Morgan fingerprint density at radius 3 is 2.46 bits per heavy atom. The molecule has 1 amide bonds. The second-order valence-electron chi connectivity index (χ2n) is 4.85. The molecule has 0 N–H and O–H groups in total. The number of amides is 1. The van der Waals surface area contributed by atoms with Gasteiger partial charge in [0.05, 0.1) is 22.3 Å².